The SMILES string of the molecule is CC(C)(C)OC(=O)NCCCCNc1ccc(-c2nn(Cc3ccc(C#N)cc3)c(=O)c3ccccc23)c(F)n1. The topological polar surface area (TPSA) is 122 Å². The highest BCUT2D eigenvalue weighted by atomic mass is 19.1. The van der Waals surface area contributed by atoms with Gasteiger partial charge in [0.15, 0.2) is 0 Å². The maximum Gasteiger partial charge on any atom is 0.407 e. The number of alkyl carbamates (subject to hydrolysis) is 1. The Morgan fingerprint density at radius 1 is 1.02 bits per heavy atom. The van der Waals surface area contributed by atoms with Gasteiger partial charge in [-0.3, -0.25) is 4.79 Å². The number of nitrogens with zero attached hydrogens (tertiary/aromatic N) is 4. The molecule has 0 unspecified atom stereocenters. The van der Waals surface area contributed by atoms with E-state index in [9.17, 15) is 9.59 Å². The van der Waals surface area contributed by atoms with Crippen LogP contribution in [0.2, 0.25) is 0 Å². The number of carbonyl (C=O) groups excluding carboxylic acids is 1. The van der Waals surface area contributed by atoms with Gasteiger partial charge >= 0.3 is 6.09 Å². The van der Waals surface area contributed by atoms with Crippen molar-refractivity contribution in [3.63, 3.8) is 0 Å². The second-order valence-electron chi connectivity index (χ2n) is 10.3. The minimum absolute atomic E-state index is 0.167. The Morgan fingerprint density at radius 3 is 2.40 bits per heavy atom. The first-order valence-electron chi connectivity index (χ1n) is 13.0. The Balaban J connectivity index is 1.47. The van der Waals surface area contributed by atoms with Crippen LogP contribution in [0.5, 0.6) is 0 Å². The molecule has 0 radical (unpaired) electrons. The van der Waals surface area contributed by atoms with Crippen LogP contribution in [0.25, 0.3) is 22.0 Å². The second-order valence-corrected chi connectivity index (χ2v) is 10.3. The van der Waals surface area contributed by atoms with Crippen LogP contribution in [0.1, 0.15) is 44.7 Å². The van der Waals surface area contributed by atoms with Gasteiger partial charge in [-0.2, -0.15) is 14.8 Å². The van der Waals surface area contributed by atoms with E-state index in [1.54, 1.807) is 81.4 Å². The molecule has 0 spiro atoms. The largest absolute Gasteiger partial charge is 0.444 e. The molecule has 0 aliphatic carbocycles. The van der Waals surface area contributed by atoms with Crippen LogP contribution in [0.15, 0.2) is 65.5 Å². The van der Waals surface area contributed by atoms with E-state index in [0.717, 1.165) is 12.0 Å². The third kappa shape index (κ3) is 7.20. The number of hydrogen-bond acceptors (Lipinski definition) is 7. The van der Waals surface area contributed by atoms with Crippen LogP contribution in [-0.2, 0) is 11.3 Å². The van der Waals surface area contributed by atoms with E-state index in [-0.39, 0.29) is 17.7 Å². The molecule has 2 heterocycles. The van der Waals surface area contributed by atoms with Crippen molar-refractivity contribution in [3.8, 4) is 17.3 Å². The number of nitrogens with one attached hydrogen (secondary N) is 2. The molecule has 10 heteroatoms. The van der Waals surface area contributed by atoms with E-state index in [0.29, 0.717) is 47.4 Å². The standard InChI is InChI=1S/C30H31FN6O3/c1-30(2,3)40-29(39)34-17-7-6-16-33-25-15-14-24(27(31)35-25)26-22-8-4-5-9-23(22)28(38)37(36-26)19-21-12-10-20(18-32)11-13-21/h4-5,8-15H,6-7,16-17,19H2,1-3H3,(H,33,35)(H,34,39). The first-order valence-corrected chi connectivity index (χ1v) is 13.0. The van der Waals surface area contributed by atoms with E-state index in [1.807, 2.05) is 0 Å². The van der Waals surface area contributed by atoms with Crippen molar-refractivity contribution in [3.05, 3.63) is 88.1 Å². The van der Waals surface area contributed by atoms with Crippen LogP contribution in [0, 0.1) is 17.3 Å². The van der Waals surface area contributed by atoms with Gasteiger partial charge in [-0.25, -0.2) is 14.5 Å². The third-order valence-corrected chi connectivity index (χ3v) is 5.96. The molecule has 0 saturated heterocycles. The zero-order chi connectivity index (χ0) is 28.7. The Kier molecular flexibility index (Phi) is 8.74. The van der Waals surface area contributed by atoms with Crippen molar-refractivity contribution in [2.45, 2.75) is 45.8 Å². The fraction of sp³-hybridized carbons (Fsp3) is 0.300. The monoisotopic (exact) mass is 542 g/mol. The number of benzene rings is 2. The lowest BCUT2D eigenvalue weighted by Gasteiger charge is -2.19. The normalized spacial score (nSPS) is 11.2. The zero-order valence-electron chi connectivity index (χ0n) is 22.7. The van der Waals surface area contributed by atoms with Gasteiger partial charge in [0.2, 0.25) is 5.95 Å². The number of fused-ring (bicyclic) bond motifs is 1. The first kappa shape index (κ1) is 28.2. The van der Waals surface area contributed by atoms with Crippen molar-refractivity contribution in [2.24, 2.45) is 0 Å². The van der Waals surface area contributed by atoms with Crippen LogP contribution >= 0.6 is 0 Å². The molecule has 9 nitrogen and oxygen atoms in total. The van der Waals surface area contributed by atoms with Gasteiger partial charge in [-0.1, -0.05) is 30.3 Å². The molecule has 0 saturated carbocycles. The summed E-state index contributed by atoms with van der Waals surface area (Å²) in [4.78, 5) is 28.9. The lowest BCUT2D eigenvalue weighted by atomic mass is 10.1. The summed E-state index contributed by atoms with van der Waals surface area (Å²) in [5.74, 6) is -0.339. The number of amides is 1. The molecule has 2 aromatic carbocycles. The molecule has 0 aliphatic heterocycles. The lowest BCUT2D eigenvalue weighted by molar-refractivity contribution is 0.0527. The van der Waals surface area contributed by atoms with E-state index < -0.39 is 17.6 Å². The number of pyridine rings is 1. The summed E-state index contributed by atoms with van der Waals surface area (Å²) in [6.45, 7) is 6.59. The predicted molar refractivity (Wildman–Crippen MR) is 151 cm³/mol. The van der Waals surface area contributed by atoms with Gasteiger partial charge < -0.3 is 15.4 Å². The summed E-state index contributed by atoms with van der Waals surface area (Å²) in [6, 6.07) is 19.2. The minimum Gasteiger partial charge on any atom is -0.444 e. The fourth-order valence-electron chi connectivity index (χ4n) is 4.08. The number of nitriles is 1. The Bertz CT molecular complexity index is 1600. The van der Waals surface area contributed by atoms with E-state index in [4.69, 9.17) is 10.00 Å². The summed E-state index contributed by atoms with van der Waals surface area (Å²) in [5, 5.41) is 20.3. The summed E-state index contributed by atoms with van der Waals surface area (Å²) < 4.78 is 21.8. The average Bonchev–Trinajstić information content (AvgIpc) is 2.92. The van der Waals surface area contributed by atoms with Crippen LogP contribution in [-0.4, -0.2) is 39.5 Å². The number of halogens is 1. The second kappa shape index (κ2) is 12.4. The van der Waals surface area contributed by atoms with E-state index in [2.05, 4.69) is 26.8 Å². The first-order chi connectivity index (χ1) is 19.1. The minimum atomic E-state index is -0.710. The molecule has 2 N–H and O–H groups in total. The molecule has 2 aromatic heterocycles. The summed E-state index contributed by atoms with van der Waals surface area (Å²) in [7, 11) is 0. The molecule has 0 atom stereocenters. The maximum atomic E-state index is 15.3. The number of aromatic nitrogens is 3. The average molecular weight is 543 g/mol. The Hall–Kier alpha value is -4.78. The predicted octanol–water partition coefficient (Wildman–Crippen LogP) is 5.23. The molecule has 4 rings (SSSR count). The van der Waals surface area contributed by atoms with Crippen LogP contribution in [0.3, 0.4) is 0 Å². The number of anilines is 1. The van der Waals surface area contributed by atoms with Gasteiger partial charge in [0.25, 0.3) is 5.56 Å². The van der Waals surface area contributed by atoms with Crippen molar-refractivity contribution in [1.82, 2.24) is 20.1 Å². The quantitative estimate of drug-likeness (QED) is 0.219. The van der Waals surface area contributed by atoms with Gasteiger partial charge in [0.05, 0.1) is 29.1 Å². The van der Waals surface area contributed by atoms with Gasteiger partial charge in [0, 0.05) is 18.5 Å². The molecule has 0 bridgehead atoms. The van der Waals surface area contributed by atoms with Gasteiger partial charge in [-0.15, -0.1) is 0 Å². The van der Waals surface area contributed by atoms with Crippen molar-refractivity contribution in [2.75, 3.05) is 18.4 Å². The molecular formula is C30H31FN6O3. The Labute approximate surface area is 231 Å². The van der Waals surface area contributed by atoms with Gasteiger partial charge in [-0.05, 0) is 69.5 Å². The van der Waals surface area contributed by atoms with E-state index >= 15 is 4.39 Å². The molecule has 0 aliphatic rings. The third-order valence-electron chi connectivity index (χ3n) is 5.96. The highest BCUT2D eigenvalue weighted by Crippen LogP contribution is 2.27. The fourth-order valence-corrected chi connectivity index (χ4v) is 4.08. The Morgan fingerprint density at radius 2 is 1.73 bits per heavy atom. The summed E-state index contributed by atoms with van der Waals surface area (Å²) in [6.07, 6.45) is 0.987. The number of rotatable bonds is 9. The number of unbranched alkanes of at least 4 members (excludes halogenated alkanes) is 1. The number of ether oxygens (including phenoxy) is 1. The van der Waals surface area contributed by atoms with Crippen molar-refractivity contribution in [1.29, 1.82) is 5.26 Å². The number of hydrogen-bond donors (Lipinski definition) is 2. The van der Waals surface area contributed by atoms with Gasteiger partial charge in [0.1, 0.15) is 17.1 Å². The van der Waals surface area contributed by atoms with Crippen LogP contribution < -0.4 is 16.2 Å². The molecule has 4 aromatic rings. The molecule has 40 heavy (non-hydrogen) atoms. The molecule has 0 fully saturated rings. The van der Waals surface area contributed by atoms with Crippen molar-refractivity contribution >= 4 is 22.7 Å². The van der Waals surface area contributed by atoms with Crippen molar-refractivity contribution < 1.29 is 13.9 Å². The summed E-state index contributed by atoms with van der Waals surface area (Å²) >= 11 is 0. The van der Waals surface area contributed by atoms with Crippen LogP contribution in [0.4, 0.5) is 15.0 Å². The smallest absolute Gasteiger partial charge is 0.407 e. The van der Waals surface area contributed by atoms with E-state index in [1.165, 1.54) is 4.68 Å². The number of carbonyl (C=O) groups is 1. The zero-order valence-corrected chi connectivity index (χ0v) is 22.7. The molecule has 1 amide bonds. The highest BCUT2D eigenvalue weighted by Gasteiger charge is 2.17. The molecule has 206 valence electrons. The molecular weight excluding hydrogens is 511 g/mol. The maximum absolute atomic E-state index is 15.3. The summed E-state index contributed by atoms with van der Waals surface area (Å²) in [5.41, 5.74) is 0.955. The highest BCUT2D eigenvalue weighted by molar-refractivity contribution is 5.93. The lowest BCUT2D eigenvalue weighted by Crippen LogP contribution is -2.33.